The lowest BCUT2D eigenvalue weighted by Gasteiger charge is -2.11. The molecule has 0 radical (unpaired) electrons. The molecule has 1 aromatic heterocycles. The van der Waals surface area contributed by atoms with Crippen LogP contribution in [0.2, 0.25) is 0 Å². The van der Waals surface area contributed by atoms with Crippen molar-refractivity contribution in [3.8, 4) is 0 Å². The molecule has 0 unspecified atom stereocenters. The van der Waals surface area contributed by atoms with Crippen LogP contribution >= 0.6 is 0 Å². The third-order valence-corrected chi connectivity index (χ3v) is 1.71. The lowest BCUT2D eigenvalue weighted by Crippen LogP contribution is -2.29. The average molecular weight is 174 g/mol. The van der Waals surface area contributed by atoms with E-state index < -0.39 is 0 Å². The number of rotatable bonds is 1. The number of hydrogen-bond acceptors (Lipinski definition) is 3. The highest BCUT2D eigenvalue weighted by atomic mass is 16.2. The van der Waals surface area contributed by atoms with Crippen LogP contribution in [-0.4, -0.2) is 16.8 Å². The van der Waals surface area contributed by atoms with Crippen molar-refractivity contribution in [1.29, 1.82) is 0 Å². The van der Waals surface area contributed by atoms with Gasteiger partial charge in [-0.25, -0.2) is 4.90 Å². The van der Waals surface area contributed by atoms with Gasteiger partial charge in [0.25, 0.3) is 11.8 Å². The maximum absolute atomic E-state index is 11.2. The van der Waals surface area contributed by atoms with E-state index in [9.17, 15) is 9.59 Å². The molecule has 0 saturated carbocycles. The molecule has 2 heterocycles. The second-order valence-corrected chi connectivity index (χ2v) is 2.56. The fraction of sp³-hybridized carbons (Fsp3) is 0. The highest BCUT2D eigenvalue weighted by molar-refractivity contribution is 6.28. The van der Waals surface area contributed by atoms with Gasteiger partial charge >= 0.3 is 0 Å². The molecular formula is C9H6N2O2. The summed E-state index contributed by atoms with van der Waals surface area (Å²) >= 11 is 0. The minimum atomic E-state index is -0.321. The van der Waals surface area contributed by atoms with Crippen molar-refractivity contribution >= 4 is 17.5 Å². The van der Waals surface area contributed by atoms with Crippen molar-refractivity contribution < 1.29 is 9.59 Å². The number of pyridine rings is 1. The van der Waals surface area contributed by atoms with Gasteiger partial charge < -0.3 is 0 Å². The molecule has 64 valence electrons. The van der Waals surface area contributed by atoms with Crippen molar-refractivity contribution in [1.82, 2.24) is 4.98 Å². The Morgan fingerprint density at radius 3 is 2.38 bits per heavy atom. The maximum Gasteiger partial charge on any atom is 0.258 e. The first-order valence-electron chi connectivity index (χ1n) is 3.75. The molecule has 0 bridgehead atoms. The number of anilines is 1. The number of carbonyl (C=O) groups is 2. The van der Waals surface area contributed by atoms with Crippen LogP contribution in [0.15, 0.2) is 36.7 Å². The number of imide groups is 1. The van der Waals surface area contributed by atoms with Gasteiger partial charge in [0, 0.05) is 18.3 Å². The van der Waals surface area contributed by atoms with E-state index in [4.69, 9.17) is 0 Å². The summed E-state index contributed by atoms with van der Waals surface area (Å²) in [5.41, 5.74) is 0.502. The minimum absolute atomic E-state index is 0.321. The highest BCUT2D eigenvalue weighted by Gasteiger charge is 2.24. The summed E-state index contributed by atoms with van der Waals surface area (Å²) in [7, 11) is 0. The van der Waals surface area contributed by atoms with Gasteiger partial charge in [0.1, 0.15) is 0 Å². The maximum atomic E-state index is 11.2. The summed E-state index contributed by atoms with van der Waals surface area (Å²) in [6.45, 7) is 0. The molecule has 2 rings (SSSR count). The first kappa shape index (κ1) is 7.67. The van der Waals surface area contributed by atoms with E-state index in [0.29, 0.717) is 5.69 Å². The van der Waals surface area contributed by atoms with E-state index in [2.05, 4.69) is 4.98 Å². The van der Waals surface area contributed by atoms with E-state index in [1.54, 1.807) is 18.3 Å². The third kappa shape index (κ3) is 1.22. The predicted molar refractivity (Wildman–Crippen MR) is 45.9 cm³/mol. The first-order valence-corrected chi connectivity index (χ1v) is 3.75. The largest absolute Gasteiger partial charge is 0.269 e. The van der Waals surface area contributed by atoms with E-state index >= 15 is 0 Å². The normalized spacial score (nSPS) is 15.5. The first-order chi connectivity index (χ1) is 6.29. The second-order valence-electron chi connectivity index (χ2n) is 2.56. The fourth-order valence-electron chi connectivity index (χ4n) is 1.14. The zero-order chi connectivity index (χ0) is 9.26. The number of carbonyl (C=O) groups excluding carboxylic acids is 2. The molecule has 0 N–H and O–H groups in total. The molecule has 4 nitrogen and oxygen atoms in total. The molecular weight excluding hydrogens is 168 g/mol. The van der Waals surface area contributed by atoms with Crippen molar-refractivity contribution in [3.05, 3.63) is 36.7 Å². The Kier molecular flexibility index (Phi) is 1.66. The molecule has 2 amide bonds. The van der Waals surface area contributed by atoms with Crippen molar-refractivity contribution in [2.45, 2.75) is 0 Å². The van der Waals surface area contributed by atoms with Gasteiger partial charge in [-0.1, -0.05) is 0 Å². The van der Waals surface area contributed by atoms with Gasteiger partial charge in [0.15, 0.2) is 0 Å². The molecule has 0 atom stereocenters. The van der Waals surface area contributed by atoms with Crippen LogP contribution < -0.4 is 4.90 Å². The van der Waals surface area contributed by atoms with Gasteiger partial charge in [0.05, 0.1) is 11.9 Å². The molecule has 0 saturated heterocycles. The molecule has 13 heavy (non-hydrogen) atoms. The van der Waals surface area contributed by atoms with Crippen LogP contribution in [0.5, 0.6) is 0 Å². The zero-order valence-electron chi connectivity index (χ0n) is 6.68. The van der Waals surface area contributed by atoms with Crippen molar-refractivity contribution in [2.75, 3.05) is 4.90 Å². The topological polar surface area (TPSA) is 50.3 Å². The lowest BCUT2D eigenvalue weighted by molar-refractivity contribution is -0.119. The van der Waals surface area contributed by atoms with Gasteiger partial charge in [-0.3, -0.25) is 14.6 Å². The molecule has 0 aromatic carbocycles. The van der Waals surface area contributed by atoms with Gasteiger partial charge in [-0.15, -0.1) is 0 Å². The second kappa shape index (κ2) is 2.82. The minimum Gasteiger partial charge on any atom is -0.269 e. The van der Waals surface area contributed by atoms with Crippen LogP contribution in [-0.2, 0) is 9.59 Å². The monoisotopic (exact) mass is 174 g/mol. The number of hydrogen-bond donors (Lipinski definition) is 0. The van der Waals surface area contributed by atoms with Crippen molar-refractivity contribution in [2.24, 2.45) is 0 Å². The number of aromatic nitrogens is 1. The SMILES string of the molecule is O=C1C=CC(=O)N1c1cccnc1. The lowest BCUT2D eigenvalue weighted by atomic mass is 10.4. The Hall–Kier alpha value is -1.97. The van der Waals surface area contributed by atoms with Gasteiger partial charge in [-0.05, 0) is 12.1 Å². The molecule has 0 fully saturated rings. The predicted octanol–water partition coefficient (Wildman–Crippen LogP) is 0.511. The number of amides is 2. The zero-order valence-corrected chi connectivity index (χ0v) is 6.68. The van der Waals surface area contributed by atoms with Crippen LogP contribution in [0.3, 0.4) is 0 Å². The quantitative estimate of drug-likeness (QED) is 0.583. The van der Waals surface area contributed by atoms with Crippen LogP contribution in [0.4, 0.5) is 5.69 Å². The summed E-state index contributed by atoms with van der Waals surface area (Å²) in [6.07, 6.45) is 5.55. The molecule has 4 heteroatoms. The van der Waals surface area contributed by atoms with E-state index in [0.717, 1.165) is 4.90 Å². The van der Waals surface area contributed by atoms with Crippen molar-refractivity contribution in [3.63, 3.8) is 0 Å². The molecule has 0 aliphatic carbocycles. The molecule has 0 spiro atoms. The molecule has 1 aromatic rings. The summed E-state index contributed by atoms with van der Waals surface area (Å²) in [5.74, 6) is -0.643. The Bertz CT molecular complexity index is 366. The standard InChI is InChI=1S/C9H6N2O2/c12-8-3-4-9(13)11(8)7-2-1-5-10-6-7/h1-6H. The summed E-state index contributed by atoms with van der Waals surface area (Å²) in [4.78, 5) is 27.3. The number of nitrogens with zero attached hydrogens (tertiary/aromatic N) is 2. The smallest absolute Gasteiger partial charge is 0.258 e. The van der Waals surface area contributed by atoms with E-state index in [-0.39, 0.29) is 11.8 Å². The Labute approximate surface area is 74.5 Å². The van der Waals surface area contributed by atoms with Gasteiger partial charge in [0.2, 0.25) is 0 Å². The van der Waals surface area contributed by atoms with Crippen LogP contribution in [0, 0.1) is 0 Å². The summed E-state index contributed by atoms with van der Waals surface area (Å²) in [5, 5.41) is 0. The van der Waals surface area contributed by atoms with E-state index in [1.165, 1.54) is 18.3 Å². The third-order valence-electron chi connectivity index (χ3n) is 1.71. The molecule has 1 aliphatic heterocycles. The van der Waals surface area contributed by atoms with Crippen LogP contribution in [0.25, 0.3) is 0 Å². The Morgan fingerprint density at radius 1 is 1.15 bits per heavy atom. The average Bonchev–Trinajstić information content (AvgIpc) is 2.48. The highest BCUT2D eigenvalue weighted by Crippen LogP contribution is 2.16. The Balaban J connectivity index is 2.38. The summed E-state index contributed by atoms with van der Waals surface area (Å²) in [6, 6.07) is 3.34. The van der Waals surface area contributed by atoms with E-state index in [1.807, 2.05) is 0 Å². The summed E-state index contributed by atoms with van der Waals surface area (Å²) < 4.78 is 0. The fourth-order valence-corrected chi connectivity index (χ4v) is 1.14. The van der Waals surface area contributed by atoms with Gasteiger partial charge in [-0.2, -0.15) is 0 Å². The van der Waals surface area contributed by atoms with Crippen LogP contribution in [0.1, 0.15) is 0 Å². The Morgan fingerprint density at radius 2 is 1.85 bits per heavy atom. The molecule has 1 aliphatic rings.